The van der Waals surface area contributed by atoms with Crippen LogP contribution in [0, 0.1) is 0 Å². The van der Waals surface area contributed by atoms with Crippen molar-refractivity contribution < 1.29 is 63.1 Å². The second kappa shape index (κ2) is 37.0. The van der Waals surface area contributed by atoms with Crippen LogP contribution in [0.15, 0.2) is 60.8 Å². The molecule has 352 valence electrons. The van der Waals surface area contributed by atoms with Crippen molar-refractivity contribution in [2.75, 3.05) is 13.2 Å². The van der Waals surface area contributed by atoms with Crippen LogP contribution in [0.4, 0.5) is 0 Å². The average molecular weight is 885 g/mol. The van der Waals surface area contributed by atoms with Gasteiger partial charge in [0.2, 0.25) is 0 Å². The van der Waals surface area contributed by atoms with Crippen molar-refractivity contribution in [2.24, 2.45) is 0 Å². The molecule has 8 atom stereocenters. The molecular weight excluding hydrogens is 803 g/mol. The molecule has 1 fully saturated rings. The number of unbranched alkanes of at least 4 members (excludes halogenated alkanes) is 15. The molecule has 0 heterocycles. The molecule has 61 heavy (non-hydrogen) atoms. The molecule has 6 N–H and O–H groups in total. The molecule has 0 amide bonds. The van der Waals surface area contributed by atoms with Gasteiger partial charge in [-0.05, 0) is 44.9 Å². The van der Waals surface area contributed by atoms with Crippen molar-refractivity contribution >= 4 is 19.8 Å². The average Bonchev–Trinajstić information content (AvgIpc) is 3.24. The second-order valence-corrected chi connectivity index (χ2v) is 17.3. The Labute approximate surface area is 366 Å². The van der Waals surface area contributed by atoms with Gasteiger partial charge in [-0.15, -0.1) is 0 Å². The summed E-state index contributed by atoms with van der Waals surface area (Å²) in [6.07, 6.45) is 31.4. The third kappa shape index (κ3) is 29.5. The molecule has 1 saturated carbocycles. The van der Waals surface area contributed by atoms with E-state index in [1.165, 1.54) is 70.6 Å². The van der Waals surface area contributed by atoms with Gasteiger partial charge in [-0.25, -0.2) is 4.57 Å². The number of rotatable bonds is 37. The summed E-state index contributed by atoms with van der Waals surface area (Å²) in [5.41, 5.74) is 0. The summed E-state index contributed by atoms with van der Waals surface area (Å²) in [7, 11) is -5.14. The zero-order chi connectivity index (χ0) is 45.0. The van der Waals surface area contributed by atoms with Crippen molar-refractivity contribution in [1.29, 1.82) is 0 Å². The highest BCUT2D eigenvalue weighted by atomic mass is 31.2. The van der Waals surface area contributed by atoms with Gasteiger partial charge in [-0.3, -0.25) is 18.6 Å². The van der Waals surface area contributed by atoms with E-state index in [0.29, 0.717) is 19.3 Å². The van der Waals surface area contributed by atoms with Gasteiger partial charge in [0.15, 0.2) is 6.10 Å². The Balaban J connectivity index is 2.52. The fourth-order valence-corrected chi connectivity index (χ4v) is 7.60. The lowest BCUT2D eigenvalue weighted by Crippen LogP contribution is -2.64. The van der Waals surface area contributed by atoms with Crippen molar-refractivity contribution in [3.05, 3.63) is 60.8 Å². The summed E-state index contributed by atoms with van der Waals surface area (Å²) in [5, 5.41) is 50.1. The monoisotopic (exact) mass is 885 g/mol. The van der Waals surface area contributed by atoms with E-state index in [-0.39, 0.29) is 12.8 Å². The standard InChI is InChI=1S/C47H81O13P/c1-3-5-7-9-11-13-15-17-19-20-22-24-26-28-30-32-34-36-41(49)59-39(38-58-61(55,56)60-47-45(53)43(51)42(50)44(52)46(47)54)37-57-40(48)35-33-31-29-27-25-23-21-18-16-14-12-10-8-6-4-2/h7,9,13,15,19-20,24,26,30,32,39,42-47,50-54H,3-6,8,10-12,14,16-18,21-23,25,27-29,31,33-38H2,1-2H3,(H,55,56)/b9-7-,15-13-,20-19-,26-24-,32-30-/t39?,42?,43-,44+,45-,46-,47?/m1/s1. The van der Waals surface area contributed by atoms with E-state index in [4.69, 9.17) is 18.5 Å². The number of carbonyl (C=O) groups excluding carboxylic acids is 2. The number of aliphatic hydroxyl groups is 5. The number of allylic oxidation sites excluding steroid dienone is 10. The fourth-order valence-electron chi connectivity index (χ4n) is 6.63. The highest BCUT2D eigenvalue weighted by molar-refractivity contribution is 7.47. The molecule has 0 bridgehead atoms. The number of esters is 2. The highest BCUT2D eigenvalue weighted by Gasteiger charge is 2.51. The quantitative estimate of drug-likeness (QED) is 0.0149. The minimum atomic E-state index is -5.14. The van der Waals surface area contributed by atoms with Crippen molar-refractivity contribution in [2.45, 2.75) is 211 Å². The number of hydrogen-bond donors (Lipinski definition) is 6. The third-order valence-corrected chi connectivity index (χ3v) is 11.3. The molecule has 0 radical (unpaired) electrons. The summed E-state index contributed by atoms with van der Waals surface area (Å²) in [5.74, 6) is -1.20. The maximum atomic E-state index is 12.8. The first kappa shape index (κ1) is 56.6. The lowest BCUT2D eigenvalue weighted by atomic mass is 9.85. The molecule has 14 heteroatoms. The maximum absolute atomic E-state index is 12.8. The first-order valence-electron chi connectivity index (χ1n) is 23.1. The number of aliphatic hydroxyl groups excluding tert-OH is 5. The van der Waals surface area contributed by atoms with Crippen LogP contribution in [-0.4, -0.2) is 98.3 Å². The zero-order valence-corrected chi connectivity index (χ0v) is 38.1. The van der Waals surface area contributed by atoms with Crippen LogP contribution in [0.2, 0.25) is 0 Å². The summed E-state index contributed by atoms with van der Waals surface area (Å²) in [4.78, 5) is 35.6. The van der Waals surface area contributed by atoms with Crippen LogP contribution < -0.4 is 0 Å². The highest BCUT2D eigenvalue weighted by Crippen LogP contribution is 2.47. The molecule has 0 aromatic heterocycles. The van der Waals surface area contributed by atoms with Gasteiger partial charge in [0.25, 0.3) is 0 Å². The molecule has 0 aromatic carbocycles. The number of phosphoric ester groups is 1. The Kier molecular flexibility index (Phi) is 34.3. The normalized spacial score (nSPS) is 22.6. The fraction of sp³-hybridized carbons (Fsp3) is 0.745. The van der Waals surface area contributed by atoms with Gasteiger partial charge < -0.3 is 39.9 Å². The Morgan fingerprint density at radius 2 is 0.918 bits per heavy atom. The van der Waals surface area contributed by atoms with E-state index >= 15 is 0 Å². The van der Waals surface area contributed by atoms with Gasteiger partial charge in [0.1, 0.15) is 43.2 Å². The summed E-state index contributed by atoms with van der Waals surface area (Å²) in [6.45, 7) is 3.17. The molecule has 0 saturated heterocycles. The molecule has 13 nitrogen and oxygen atoms in total. The SMILES string of the molecule is CCC/C=C\C/C=C\C/C=C\C/C=C\C/C=C\CCC(=O)OC(COC(=O)CCCCCCCCCCCCCCCCC)COP(=O)(O)OC1[C@H](O)[C@H](O)C(O)[C@H](O)[C@H]1O. The van der Waals surface area contributed by atoms with E-state index in [1.54, 1.807) is 0 Å². The Bertz CT molecular complexity index is 1300. The predicted molar refractivity (Wildman–Crippen MR) is 239 cm³/mol. The van der Waals surface area contributed by atoms with E-state index in [0.717, 1.165) is 51.4 Å². The van der Waals surface area contributed by atoms with Crippen molar-refractivity contribution in [3.63, 3.8) is 0 Å². The maximum Gasteiger partial charge on any atom is 0.472 e. The van der Waals surface area contributed by atoms with Crippen LogP contribution in [-0.2, 0) is 32.7 Å². The molecule has 0 aliphatic heterocycles. The second-order valence-electron chi connectivity index (χ2n) is 15.9. The van der Waals surface area contributed by atoms with Crippen molar-refractivity contribution in [3.8, 4) is 0 Å². The van der Waals surface area contributed by atoms with Gasteiger partial charge >= 0.3 is 19.8 Å². The van der Waals surface area contributed by atoms with Crippen LogP contribution in [0.1, 0.15) is 168 Å². The molecule has 1 aliphatic carbocycles. The van der Waals surface area contributed by atoms with Gasteiger partial charge in [0.05, 0.1) is 6.61 Å². The van der Waals surface area contributed by atoms with E-state index in [9.17, 15) is 44.6 Å². The number of carbonyl (C=O) groups is 2. The van der Waals surface area contributed by atoms with Crippen LogP contribution in [0.5, 0.6) is 0 Å². The first-order valence-corrected chi connectivity index (χ1v) is 24.6. The summed E-state index contributed by atoms with van der Waals surface area (Å²) < 4.78 is 33.4. The van der Waals surface area contributed by atoms with Crippen LogP contribution >= 0.6 is 7.82 Å². The Hall–Kier alpha value is -2.45. The number of hydrogen-bond acceptors (Lipinski definition) is 12. The third-order valence-electron chi connectivity index (χ3n) is 10.4. The number of ether oxygens (including phenoxy) is 2. The predicted octanol–water partition coefficient (Wildman–Crippen LogP) is 8.94. The Morgan fingerprint density at radius 3 is 1.38 bits per heavy atom. The largest absolute Gasteiger partial charge is 0.472 e. The van der Waals surface area contributed by atoms with Crippen LogP contribution in [0.3, 0.4) is 0 Å². The molecular formula is C47H81O13P. The minimum Gasteiger partial charge on any atom is -0.462 e. The Morgan fingerprint density at radius 1 is 0.508 bits per heavy atom. The van der Waals surface area contributed by atoms with Gasteiger partial charge in [0, 0.05) is 12.8 Å². The van der Waals surface area contributed by atoms with Crippen LogP contribution in [0.25, 0.3) is 0 Å². The van der Waals surface area contributed by atoms with Crippen molar-refractivity contribution in [1.82, 2.24) is 0 Å². The minimum absolute atomic E-state index is 0.0275. The zero-order valence-electron chi connectivity index (χ0n) is 37.2. The topological polar surface area (TPSA) is 210 Å². The number of phosphoric acid groups is 1. The lowest BCUT2D eigenvalue weighted by Gasteiger charge is -2.41. The molecule has 4 unspecified atom stereocenters. The summed E-state index contributed by atoms with van der Waals surface area (Å²) >= 11 is 0. The van der Waals surface area contributed by atoms with Gasteiger partial charge in [-0.1, -0.05) is 171 Å². The molecule has 0 aromatic rings. The van der Waals surface area contributed by atoms with E-state index in [1.807, 2.05) is 18.2 Å². The molecule has 0 spiro atoms. The summed E-state index contributed by atoms with van der Waals surface area (Å²) in [6, 6.07) is 0. The first-order chi connectivity index (χ1) is 29.4. The van der Waals surface area contributed by atoms with E-state index < -0.39 is 75.7 Å². The smallest absolute Gasteiger partial charge is 0.462 e. The molecule has 1 rings (SSSR count). The van der Waals surface area contributed by atoms with E-state index in [2.05, 4.69) is 56.4 Å². The van der Waals surface area contributed by atoms with Gasteiger partial charge in [-0.2, -0.15) is 0 Å². The lowest BCUT2D eigenvalue weighted by molar-refractivity contribution is -0.220. The molecule has 1 aliphatic rings.